The number of ether oxygens (including phenoxy) is 1. The first-order valence-corrected chi connectivity index (χ1v) is 11.3. The lowest BCUT2D eigenvalue weighted by molar-refractivity contribution is 0.0730. The van der Waals surface area contributed by atoms with Crippen molar-refractivity contribution in [1.29, 1.82) is 0 Å². The molecule has 1 amide bonds. The van der Waals surface area contributed by atoms with E-state index in [1.165, 1.54) is 21.7 Å². The van der Waals surface area contributed by atoms with Gasteiger partial charge in [-0.3, -0.25) is 4.79 Å². The number of halogens is 1. The van der Waals surface area contributed by atoms with E-state index in [1.54, 1.807) is 42.5 Å². The minimum Gasteiger partial charge on any atom is -0.379 e. The number of hydrogen-bond acceptors (Lipinski definition) is 5. The van der Waals surface area contributed by atoms with Crippen LogP contribution in [0.1, 0.15) is 15.2 Å². The van der Waals surface area contributed by atoms with Gasteiger partial charge in [0.15, 0.2) is 0 Å². The zero-order chi connectivity index (χ0) is 20.4. The van der Waals surface area contributed by atoms with Crippen LogP contribution >= 0.6 is 11.3 Å². The lowest BCUT2D eigenvalue weighted by Gasteiger charge is -2.26. The Labute approximate surface area is 172 Å². The van der Waals surface area contributed by atoms with Crippen molar-refractivity contribution in [2.75, 3.05) is 26.3 Å². The monoisotopic (exact) mass is 434 g/mol. The van der Waals surface area contributed by atoms with E-state index in [0.717, 1.165) is 5.56 Å². The molecule has 0 saturated carbocycles. The smallest absolute Gasteiger partial charge is 0.261 e. The molecule has 1 aliphatic heterocycles. The highest BCUT2D eigenvalue weighted by Crippen LogP contribution is 2.27. The van der Waals surface area contributed by atoms with Crippen LogP contribution in [0.15, 0.2) is 53.4 Å². The first kappa shape index (κ1) is 20.0. The summed E-state index contributed by atoms with van der Waals surface area (Å²) in [6, 6.07) is 12.7. The van der Waals surface area contributed by atoms with Gasteiger partial charge in [-0.1, -0.05) is 18.2 Å². The molecule has 1 aliphatic rings. The first-order chi connectivity index (χ1) is 13.9. The van der Waals surface area contributed by atoms with Crippen molar-refractivity contribution in [3.05, 3.63) is 64.8 Å². The maximum absolute atomic E-state index is 13.8. The maximum atomic E-state index is 13.8. The fourth-order valence-corrected chi connectivity index (χ4v) is 5.52. The largest absolute Gasteiger partial charge is 0.379 e. The average molecular weight is 435 g/mol. The van der Waals surface area contributed by atoms with Crippen LogP contribution in [-0.4, -0.2) is 44.9 Å². The highest BCUT2D eigenvalue weighted by atomic mass is 32.2. The van der Waals surface area contributed by atoms with E-state index in [-0.39, 0.29) is 23.2 Å². The molecule has 4 rings (SSSR count). The Kier molecular flexibility index (Phi) is 5.64. The summed E-state index contributed by atoms with van der Waals surface area (Å²) in [6.07, 6.45) is 0. The third-order valence-electron chi connectivity index (χ3n) is 4.72. The van der Waals surface area contributed by atoms with Gasteiger partial charge in [-0.25, -0.2) is 12.8 Å². The topological polar surface area (TPSA) is 75.7 Å². The molecule has 1 N–H and O–H groups in total. The molecule has 6 nitrogen and oxygen atoms in total. The van der Waals surface area contributed by atoms with Crippen LogP contribution in [0.3, 0.4) is 0 Å². The van der Waals surface area contributed by atoms with Gasteiger partial charge in [0.25, 0.3) is 5.91 Å². The van der Waals surface area contributed by atoms with Crippen LogP contribution in [0.4, 0.5) is 4.39 Å². The molecular formula is C20H19FN2O4S2. The Morgan fingerprint density at radius 3 is 2.55 bits per heavy atom. The number of thiophene rings is 1. The molecule has 3 aromatic rings. The van der Waals surface area contributed by atoms with E-state index in [2.05, 4.69) is 5.32 Å². The minimum atomic E-state index is -3.54. The zero-order valence-electron chi connectivity index (χ0n) is 15.4. The van der Waals surface area contributed by atoms with E-state index in [9.17, 15) is 17.6 Å². The second-order valence-corrected chi connectivity index (χ2v) is 9.63. The maximum Gasteiger partial charge on any atom is 0.261 e. The van der Waals surface area contributed by atoms with Gasteiger partial charge in [0.1, 0.15) is 5.82 Å². The van der Waals surface area contributed by atoms with Gasteiger partial charge in [0, 0.05) is 29.7 Å². The van der Waals surface area contributed by atoms with Crippen LogP contribution in [-0.2, 0) is 21.3 Å². The molecule has 1 saturated heterocycles. The van der Waals surface area contributed by atoms with Gasteiger partial charge < -0.3 is 10.1 Å². The molecular weight excluding hydrogens is 415 g/mol. The number of carbonyl (C=O) groups excluding carboxylic acids is 1. The summed E-state index contributed by atoms with van der Waals surface area (Å²) in [5, 5.41) is 3.22. The molecule has 1 fully saturated rings. The van der Waals surface area contributed by atoms with Crippen LogP contribution in [0.5, 0.6) is 0 Å². The van der Waals surface area contributed by atoms with Crippen molar-refractivity contribution in [3.8, 4) is 0 Å². The number of rotatable bonds is 5. The first-order valence-electron chi connectivity index (χ1n) is 9.08. The lowest BCUT2D eigenvalue weighted by atomic mass is 10.2. The molecule has 0 spiro atoms. The molecule has 9 heteroatoms. The SMILES string of the molecule is O=C(NCc1ccc(S(=O)(=O)N2CCOCC2)cc1)c1cc2c(F)cccc2s1. The number of carbonyl (C=O) groups is 1. The van der Waals surface area contributed by atoms with Gasteiger partial charge in [-0.05, 0) is 35.9 Å². The van der Waals surface area contributed by atoms with Crippen LogP contribution in [0.2, 0.25) is 0 Å². The van der Waals surface area contributed by atoms with Gasteiger partial charge in [0.05, 0.1) is 23.0 Å². The summed E-state index contributed by atoms with van der Waals surface area (Å²) in [6.45, 7) is 1.72. The fraction of sp³-hybridized carbons (Fsp3) is 0.250. The standard InChI is InChI=1S/C20H19FN2O4S2/c21-17-2-1-3-18-16(17)12-19(28-18)20(24)22-13-14-4-6-15(7-5-14)29(25,26)23-8-10-27-11-9-23/h1-7,12H,8-11,13H2,(H,22,24). The van der Waals surface area contributed by atoms with E-state index in [0.29, 0.717) is 41.3 Å². The van der Waals surface area contributed by atoms with Gasteiger partial charge in [-0.15, -0.1) is 11.3 Å². The van der Waals surface area contributed by atoms with Crippen molar-refractivity contribution in [2.24, 2.45) is 0 Å². The summed E-state index contributed by atoms with van der Waals surface area (Å²) < 4.78 is 46.4. The summed E-state index contributed by atoms with van der Waals surface area (Å²) in [7, 11) is -3.54. The molecule has 0 bridgehead atoms. The Morgan fingerprint density at radius 2 is 1.86 bits per heavy atom. The number of morpholine rings is 1. The fourth-order valence-electron chi connectivity index (χ4n) is 3.12. The Balaban J connectivity index is 1.42. The van der Waals surface area contributed by atoms with Crippen LogP contribution < -0.4 is 5.32 Å². The van der Waals surface area contributed by atoms with Gasteiger partial charge >= 0.3 is 0 Å². The lowest BCUT2D eigenvalue weighted by Crippen LogP contribution is -2.40. The zero-order valence-corrected chi connectivity index (χ0v) is 17.1. The highest BCUT2D eigenvalue weighted by Gasteiger charge is 2.26. The number of amides is 1. The van der Waals surface area contributed by atoms with Crippen LogP contribution in [0.25, 0.3) is 10.1 Å². The summed E-state index contributed by atoms with van der Waals surface area (Å²) in [5.74, 6) is -0.648. The number of benzene rings is 2. The molecule has 0 aliphatic carbocycles. The predicted octanol–water partition coefficient (Wildman–Crippen LogP) is 2.99. The summed E-state index contributed by atoms with van der Waals surface area (Å²) >= 11 is 1.23. The van der Waals surface area contributed by atoms with Crippen molar-refractivity contribution < 1.29 is 22.3 Å². The highest BCUT2D eigenvalue weighted by molar-refractivity contribution is 7.89. The minimum absolute atomic E-state index is 0.217. The second kappa shape index (κ2) is 8.19. The number of fused-ring (bicyclic) bond motifs is 1. The van der Waals surface area contributed by atoms with Crippen LogP contribution in [0, 0.1) is 5.82 Å². The Bertz CT molecular complexity index is 1140. The molecule has 2 heterocycles. The molecule has 0 unspecified atom stereocenters. The third-order valence-corrected chi connectivity index (χ3v) is 7.73. The number of nitrogens with one attached hydrogen (secondary N) is 1. The summed E-state index contributed by atoms with van der Waals surface area (Å²) in [4.78, 5) is 13.0. The number of sulfonamides is 1. The Hall–Kier alpha value is -2.33. The van der Waals surface area contributed by atoms with E-state index >= 15 is 0 Å². The Morgan fingerprint density at radius 1 is 1.14 bits per heavy atom. The average Bonchev–Trinajstić information content (AvgIpc) is 3.19. The number of hydrogen-bond donors (Lipinski definition) is 1. The second-order valence-electron chi connectivity index (χ2n) is 6.61. The third kappa shape index (κ3) is 4.18. The predicted molar refractivity (Wildman–Crippen MR) is 109 cm³/mol. The van der Waals surface area contributed by atoms with Crippen molar-refractivity contribution in [3.63, 3.8) is 0 Å². The van der Waals surface area contributed by atoms with Crippen molar-refractivity contribution in [1.82, 2.24) is 9.62 Å². The molecule has 2 aromatic carbocycles. The van der Waals surface area contributed by atoms with E-state index in [1.807, 2.05) is 0 Å². The summed E-state index contributed by atoms with van der Waals surface area (Å²) in [5.41, 5.74) is 0.770. The van der Waals surface area contributed by atoms with E-state index < -0.39 is 10.0 Å². The van der Waals surface area contributed by atoms with Crippen molar-refractivity contribution in [2.45, 2.75) is 11.4 Å². The number of nitrogens with zero attached hydrogens (tertiary/aromatic N) is 1. The molecule has 152 valence electrons. The molecule has 0 radical (unpaired) electrons. The normalized spacial score (nSPS) is 15.5. The van der Waals surface area contributed by atoms with E-state index in [4.69, 9.17) is 4.74 Å². The van der Waals surface area contributed by atoms with Gasteiger partial charge in [-0.2, -0.15) is 4.31 Å². The molecule has 29 heavy (non-hydrogen) atoms. The molecule has 1 aromatic heterocycles. The van der Waals surface area contributed by atoms with Gasteiger partial charge in [0.2, 0.25) is 10.0 Å². The molecule has 0 atom stereocenters. The quantitative estimate of drug-likeness (QED) is 0.670. The van der Waals surface area contributed by atoms with Crippen molar-refractivity contribution >= 4 is 37.4 Å².